The fourth-order valence-electron chi connectivity index (χ4n) is 2.18. The Labute approximate surface area is 142 Å². The highest BCUT2D eigenvalue weighted by Crippen LogP contribution is 2.22. The van der Waals surface area contributed by atoms with Gasteiger partial charge in [0.25, 0.3) is 0 Å². The lowest BCUT2D eigenvalue weighted by atomic mass is 10.2. The van der Waals surface area contributed by atoms with Crippen LogP contribution < -0.4 is 5.32 Å². The molecule has 0 unspecified atom stereocenters. The van der Waals surface area contributed by atoms with E-state index in [1.54, 1.807) is 6.07 Å². The van der Waals surface area contributed by atoms with Crippen LogP contribution in [0.4, 0.5) is 5.69 Å². The molecule has 3 aromatic rings. The van der Waals surface area contributed by atoms with Gasteiger partial charge in [-0.15, -0.1) is 22.0 Å². The van der Waals surface area contributed by atoms with E-state index in [2.05, 4.69) is 20.7 Å². The lowest BCUT2D eigenvalue weighted by molar-refractivity contribution is -0.113. The molecule has 24 heavy (non-hydrogen) atoms. The number of aromatic nitrogens is 3. The lowest BCUT2D eigenvalue weighted by Crippen LogP contribution is -2.14. The van der Waals surface area contributed by atoms with Crippen molar-refractivity contribution in [1.29, 1.82) is 0 Å². The zero-order valence-corrected chi connectivity index (χ0v) is 14.1. The smallest absolute Gasteiger partial charge is 0.247 e. The Bertz CT molecular complexity index is 810. The monoisotopic (exact) mass is 344 g/mol. The van der Waals surface area contributed by atoms with E-state index >= 15 is 0 Å². The van der Waals surface area contributed by atoms with Crippen LogP contribution in [0, 0.1) is 13.8 Å². The summed E-state index contributed by atoms with van der Waals surface area (Å²) in [6, 6.07) is 7.28. The van der Waals surface area contributed by atoms with Crippen molar-refractivity contribution >= 4 is 23.4 Å². The predicted octanol–water partition coefficient (Wildman–Crippen LogP) is 3.21. The molecule has 3 rings (SSSR count). The largest absolute Gasteiger partial charge is 0.423 e. The standard InChI is InChI=1S/C16H16N4O3S/c1-10-14(11(2)23-20-10)7-24-8-15(21)18-13-5-3-4-12(6-13)16-19-17-9-22-16/h3-6,9H,7-8H2,1-2H3,(H,18,21). The van der Waals surface area contributed by atoms with Crippen molar-refractivity contribution in [3.63, 3.8) is 0 Å². The van der Waals surface area contributed by atoms with Crippen LogP contribution in [0.5, 0.6) is 0 Å². The molecule has 0 saturated carbocycles. The Morgan fingerprint density at radius 3 is 2.92 bits per heavy atom. The molecule has 1 N–H and O–H groups in total. The maximum absolute atomic E-state index is 12.1. The number of nitrogens with zero attached hydrogens (tertiary/aromatic N) is 3. The molecule has 1 amide bonds. The Kier molecular flexibility index (Phi) is 4.95. The van der Waals surface area contributed by atoms with Gasteiger partial charge in [0, 0.05) is 22.6 Å². The summed E-state index contributed by atoms with van der Waals surface area (Å²) >= 11 is 1.52. The SMILES string of the molecule is Cc1noc(C)c1CSCC(=O)Nc1cccc(-c2nnco2)c1. The molecule has 0 aliphatic carbocycles. The highest BCUT2D eigenvalue weighted by molar-refractivity contribution is 7.99. The molecular formula is C16H16N4O3S. The minimum Gasteiger partial charge on any atom is -0.423 e. The summed E-state index contributed by atoms with van der Waals surface area (Å²) in [6.45, 7) is 3.77. The lowest BCUT2D eigenvalue weighted by Gasteiger charge is -2.06. The Morgan fingerprint density at radius 1 is 1.33 bits per heavy atom. The van der Waals surface area contributed by atoms with Gasteiger partial charge in [0.1, 0.15) is 5.76 Å². The zero-order chi connectivity index (χ0) is 16.9. The van der Waals surface area contributed by atoms with Gasteiger partial charge in [0.05, 0.1) is 11.4 Å². The molecule has 2 heterocycles. The second-order valence-electron chi connectivity index (χ2n) is 5.17. The third-order valence-corrected chi connectivity index (χ3v) is 4.37. The molecule has 0 saturated heterocycles. The number of hydrogen-bond acceptors (Lipinski definition) is 7. The predicted molar refractivity (Wildman–Crippen MR) is 90.5 cm³/mol. The summed E-state index contributed by atoms with van der Waals surface area (Å²) < 4.78 is 10.3. The van der Waals surface area contributed by atoms with Gasteiger partial charge in [-0.1, -0.05) is 11.2 Å². The number of rotatable bonds is 6. The van der Waals surface area contributed by atoms with Crippen molar-refractivity contribution in [1.82, 2.24) is 15.4 Å². The molecule has 124 valence electrons. The molecule has 8 heteroatoms. The van der Waals surface area contributed by atoms with Crippen LogP contribution >= 0.6 is 11.8 Å². The van der Waals surface area contributed by atoms with Gasteiger partial charge >= 0.3 is 0 Å². The van der Waals surface area contributed by atoms with Gasteiger partial charge in [0.15, 0.2) is 0 Å². The summed E-state index contributed by atoms with van der Waals surface area (Å²) in [5, 5.41) is 14.3. The van der Waals surface area contributed by atoms with Crippen molar-refractivity contribution in [3.05, 3.63) is 47.7 Å². The minimum atomic E-state index is -0.0746. The quantitative estimate of drug-likeness (QED) is 0.733. The molecule has 0 aliphatic rings. The van der Waals surface area contributed by atoms with Crippen molar-refractivity contribution in [2.45, 2.75) is 19.6 Å². The van der Waals surface area contributed by atoms with E-state index in [0.29, 0.717) is 23.1 Å². The Balaban J connectivity index is 1.55. The number of anilines is 1. The molecule has 0 spiro atoms. The molecule has 0 bridgehead atoms. The number of nitrogens with one attached hydrogen (secondary N) is 1. The summed E-state index contributed by atoms with van der Waals surface area (Å²) in [7, 11) is 0. The van der Waals surface area contributed by atoms with Crippen molar-refractivity contribution in [2.75, 3.05) is 11.1 Å². The summed E-state index contributed by atoms with van der Waals surface area (Å²) in [5.74, 6) is 2.17. The second kappa shape index (κ2) is 7.31. The summed E-state index contributed by atoms with van der Waals surface area (Å²) in [6.07, 6.45) is 1.27. The van der Waals surface area contributed by atoms with Gasteiger partial charge < -0.3 is 14.3 Å². The number of thioether (sulfide) groups is 1. The number of amides is 1. The normalized spacial score (nSPS) is 10.8. The average Bonchev–Trinajstić information content (AvgIpc) is 3.20. The van der Waals surface area contributed by atoms with Crippen LogP contribution in [-0.4, -0.2) is 27.0 Å². The topological polar surface area (TPSA) is 94.1 Å². The maximum atomic E-state index is 12.1. The fourth-order valence-corrected chi connectivity index (χ4v) is 3.16. The molecule has 0 radical (unpaired) electrons. The molecule has 7 nitrogen and oxygen atoms in total. The maximum Gasteiger partial charge on any atom is 0.247 e. The van der Waals surface area contributed by atoms with E-state index in [1.807, 2.05) is 32.0 Å². The molecule has 0 atom stereocenters. The van der Waals surface area contributed by atoms with Gasteiger partial charge in [0.2, 0.25) is 18.2 Å². The molecule has 1 aromatic carbocycles. The van der Waals surface area contributed by atoms with E-state index in [-0.39, 0.29) is 5.91 Å². The van der Waals surface area contributed by atoms with Crippen LogP contribution in [0.15, 0.2) is 39.6 Å². The van der Waals surface area contributed by atoms with E-state index in [4.69, 9.17) is 8.94 Å². The molecule has 0 aliphatic heterocycles. The van der Waals surface area contributed by atoms with Crippen LogP contribution in [0.3, 0.4) is 0 Å². The highest BCUT2D eigenvalue weighted by atomic mass is 32.2. The van der Waals surface area contributed by atoms with Crippen molar-refractivity contribution in [3.8, 4) is 11.5 Å². The van der Waals surface area contributed by atoms with Crippen molar-refractivity contribution in [2.24, 2.45) is 0 Å². The summed E-state index contributed by atoms with van der Waals surface area (Å²) in [4.78, 5) is 12.1. The number of carbonyl (C=O) groups is 1. The average molecular weight is 344 g/mol. The minimum absolute atomic E-state index is 0.0746. The van der Waals surface area contributed by atoms with Crippen LogP contribution in [0.25, 0.3) is 11.5 Å². The van der Waals surface area contributed by atoms with Crippen molar-refractivity contribution < 1.29 is 13.7 Å². The first kappa shape index (κ1) is 16.3. The van der Waals surface area contributed by atoms with Crippen LogP contribution in [0.2, 0.25) is 0 Å². The second-order valence-corrected chi connectivity index (χ2v) is 6.15. The number of hydrogen-bond donors (Lipinski definition) is 1. The van der Waals surface area contributed by atoms with E-state index in [1.165, 1.54) is 18.2 Å². The van der Waals surface area contributed by atoms with Crippen LogP contribution in [-0.2, 0) is 10.5 Å². The van der Waals surface area contributed by atoms with E-state index in [9.17, 15) is 4.79 Å². The van der Waals surface area contributed by atoms with Crippen LogP contribution in [0.1, 0.15) is 17.0 Å². The van der Waals surface area contributed by atoms with E-state index in [0.717, 1.165) is 22.6 Å². The van der Waals surface area contributed by atoms with Gasteiger partial charge in [-0.3, -0.25) is 4.79 Å². The first-order chi connectivity index (χ1) is 11.6. The third-order valence-electron chi connectivity index (χ3n) is 3.41. The first-order valence-electron chi connectivity index (χ1n) is 7.29. The highest BCUT2D eigenvalue weighted by Gasteiger charge is 2.11. The third kappa shape index (κ3) is 3.83. The Morgan fingerprint density at radius 2 is 2.21 bits per heavy atom. The van der Waals surface area contributed by atoms with Gasteiger partial charge in [-0.25, -0.2) is 0 Å². The number of aryl methyl sites for hydroxylation is 2. The number of carbonyl (C=O) groups excluding carboxylic acids is 1. The first-order valence-corrected chi connectivity index (χ1v) is 8.45. The molecule has 2 aromatic heterocycles. The Hall–Kier alpha value is -2.61. The zero-order valence-electron chi connectivity index (χ0n) is 13.3. The van der Waals surface area contributed by atoms with E-state index < -0.39 is 0 Å². The number of benzene rings is 1. The summed E-state index contributed by atoms with van der Waals surface area (Å²) in [5.41, 5.74) is 3.36. The van der Waals surface area contributed by atoms with Gasteiger partial charge in [-0.2, -0.15) is 0 Å². The van der Waals surface area contributed by atoms with Gasteiger partial charge in [-0.05, 0) is 32.0 Å². The molecular weight excluding hydrogens is 328 g/mol. The fraction of sp³-hybridized carbons (Fsp3) is 0.250. The molecule has 0 fully saturated rings.